The van der Waals surface area contributed by atoms with E-state index in [4.69, 9.17) is 4.52 Å². The van der Waals surface area contributed by atoms with E-state index in [0.717, 1.165) is 31.8 Å². The molecule has 0 bridgehead atoms. The number of hydrogen-bond acceptors (Lipinski definition) is 7. The highest BCUT2D eigenvalue weighted by Gasteiger charge is 2.42. The van der Waals surface area contributed by atoms with Crippen molar-refractivity contribution in [2.24, 2.45) is 5.92 Å². The summed E-state index contributed by atoms with van der Waals surface area (Å²) in [5, 5.41) is 8.87. The first-order valence-corrected chi connectivity index (χ1v) is 11.2. The van der Waals surface area contributed by atoms with E-state index in [0.29, 0.717) is 28.9 Å². The fraction of sp³-hybridized carbons (Fsp3) is 0.545. The Hall–Kier alpha value is -2.95. The topological polar surface area (TPSA) is 86.3 Å². The van der Waals surface area contributed by atoms with E-state index in [-0.39, 0.29) is 17.6 Å². The Morgan fingerprint density at radius 3 is 2.64 bits per heavy atom. The van der Waals surface area contributed by atoms with Crippen LogP contribution in [0.15, 0.2) is 22.7 Å². The first kappa shape index (κ1) is 21.9. The predicted octanol–water partition coefficient (Wildman–Crippen LogP) is 4.03. The molecular weight excluding hydrogens is 439 g/mol. The molecule has 1 aliphatic carbocycles. The van der Waals surface area contributed by atoms with Gasteiger partial charge in [0.1, 0.15) is 5.75 Å². The zero-order valence-electron chi connectivity index (χ0n) is 18.1. The Morgan fingerprint density at radius 1 is 1.21 bits per heavy atom. The summed E-state index contributed by atoms with van der Waals surface area (Å²) in [5.74, 6) is -0.716. The van der Waals surface area contributed by atoms with Crippen molar-refractivity contribution in [3.05, 3.63) is 29.8 Å². The maximum atomic E-state index is 12.7. The standard InChI is InChI=1S/C22H24F3N5O3/c1-2-15-18-16(4-3-5-17(18)32-20(31)22(23,24)25)30(27-15)21-26-19(33-28-21)14-8-10-29(11-9-14)12-13-6-7-13/h3-5,13-14H,2,6-12H2,1H3. The van der Waals surface area contributed by atoms with Crippen molar-refractivity contribution in [1.29, 1.82) is 0 Å². The molecule has 2 aliphatic rings. The molecule has 33 heavy (non-hydrogen) atoms. The second-order valence-electron chi connectivity index (χ2n) is 8.70. The van der Waals surface area contributed by atoms with Gasteiger partial charge in [0.15, 0.2) is 0 Å². The number of aryl methyl sites for hydroxylation is 1. The number of alkyl halides is 3. The van der Waals surface area contributed by atoms with Crippen LogP contribution in [-0.4, -0.2) is 56.6 Å². The average molecular weight is 463 g/mol. The van der Waals surface area contributed by atoms with Crippen molar-refractivity contribution in [2.45, 2.75) is 51.1 Å². The van der Waals surface area contributed by atoms with Gasteiger partial charge in [-0.3, -0.25) is 0 Å². The van der Waals surface area contributed by atoms with E-state index in [1.807, 2.05) is 6.92 Å². The zero-order valence-corrected chi connectivity index (χ0v) is 18.1. The zero-order chi connectivity index (χ0) is 23.2. The van der Waals surface area contributed by atoms with E-state index < -0.39 is 12.1 Å². The van der Waals surface area contributed by atoms with Gasteiger partial charge in [0.25, 0.3) is 5.95 Å². The van der Waals surface area contributed by atoms with Crippen LogP contribution in [0.1, 0.15) is 50.1 Å². The molecular formula is C22H24F3N5O3. The summed E-state index contributed by atoms with van der Waals surface area (Å²) in [5.41, 5.74) is 0.904. The average Bonchev–Trinajstić information content (AvgIpc) is 3.32. The third-order valence-electron chi connectivity index (χ3n) is 6.28. The van der Waals surface area contributed by atoms with E-state index in [2.05, 4.69) is 24.9 Å². The van der Waals surface area contributed by atoms with Gasteiger partial charge < -0.3 is 14.2 Å². The Bertz CT molecular complexity index is 1160. The van der Waals surface area contributed by atoms with E-state index in [1.165, 1.54) is 36.2 Å². The third-order valence-corrected chi connectivity index (χ3v) is 6.28. The largest absolute Gasteiger partial charge is 0.491 e. The van der Waals surface area contributed by atoms with Crippen LogP contribution in [0.3, 0.4) is 0 Å². The smallest absolute Gasteiger partial charge is 0.419 e. The van der Waals surface area contributed by atoms with Gasteiger partial charge in [-0.25, -0.2) is 4.79 Å². The van der Waals surface area contributed by atoms with Gasteiger partial charge in [-0.2, -0.15) is 27.9 Å². The van der Waals surface area contributed by atoms with Crippen LogP contribution in [0.2, 0.25) is 0 Å². The molecule has 1 saturated heterocycles. The van der Waals surface area contributed by atoms with Crippen LogP contribution in [0, 0.1) is 5.92 Å². The molecule has 1 aliphatic heterocycles. The number of carbonyl (C=O) groups excluding carboxylic acids is 1. The van der Waals surface area contributed by atoms with Crippen LogP contribution >= 0.6 is 0 Å². The molecule has 2 aromatic heterocycles. The van der Waals surface area contributed by atoms with Crippen molar-refractivity contribution in [3.63, 3.8) is 0 Å². The lowest BCUT2D eigenvalue weighted by Gasteiger charge is -2.30. The summed E-state index contributed by atoms with van der Waals surface area (Å²) in [4.78, 5) is 18.4. The number of nitrogens with zero attached hydrogens (tertiary/aromatic N) is 5. The van der Waals surface area contributed by atoms with Gasteiger partial charge in [0.05, 0.1) is 16.6 Å². The molecule has 1 aromatic carbocycles. The van der Waals surface area contributed by atoms with E-state index in [1.54, 1.807) is 6.07 Å². The molecule has 3 heterocycles. The summed E-state index contributed by atoms with van der Waals surface area (Å²) in [7, 11) is 0. The van der Waals surface area contributed by atoms with Gasteiger partial charge in [0, 0.05) is 12.5 Å². The van der Waals surface area contributed by atoms with Crippen molar-refractivity contribution in [1.82, 2.24) is 24.8 Å². The molecule has 0 N–H and O–H groups in total. The Balaban J connectivity index is 1.40. The van der Waals surface area contributed by atoms with Gasteiger partial charge in [0.2, 0.25) is 5.89 Å². The molecule has 0 radical (unpaired) electrons. The summed E-state index contributed by atoms with van der Waals surface area (Å²) in [6.45, 7) is 4.97. The number of likely N-dealkylation sites (tertiary alicyclic amines) is 1. The third kappa shape index (κ3) is 4.46. The van der Waals surface area contributed by atoms with Crippen LogP contribution < -0.4 is 4.74 Å². The molecule has 8 nitrogen and oxygen atoms in total. The maximum Gasteiger partial charge on any atom is 0.491 e. The molecule has 1 saturated carbocycles. The number of piperidine rings is 1. The number of rotatable bonds is 6. The van der Waals surface area contributed by atoms with Crippen molar-refractivity contribution in [3.8, 4) is 11.7 Å². The number of fused-ring (bicyclic) bond motifs is 1. The lowest BCUT2D eigenvalue weighted by Crippen LogP contribution is -2.34. The monoisotopic (exact) mass is 463 g/mol. The number of ether oxygens (including phenoxy) is 1. The number of aromatic nitrogens is 4. The highest BCUT2D eigenvalue weighted by Crippen LogP contribution is 2.34. The van der Waals surface area contributed by atoms with Crippen LogP contribution in [0.5, 0.6) is 5.75 Å². The molecule has 0 spiro atoms. The second kappa shape index (κ2) is 8.44. The van der Waals surface area contributed by atoms with E-state index >= 15 is 0 Å². The van der Waals surface area contributed by atoms with Crippen molar-refractivity contribution < 1.29 is 27.2 Å². The minimum absolute atomic E-state index is 0.164. The number of esters is 1. The Morgan fingerprint density at radius 2 is 1.97 bits per heavy atom. The number of carbonyl (C=O) groups is 1. The second-order valence-corrected chi connectivity index (χ2v) is 8.70. The summed E-state index contributed by atoms with van der Waals surface area (Å²) in [6.07, 6.45) is -0.142. The highest BCUT2D eigenvalue weighted by atomic mass is 19.4. The lowest BCUT2D eigenvalue weighted by atomic mass is 9.96. The molecule has 0 amide bonds. The van der Waals surface area contributed by atoms with Crippen LogP contribution in [0.25, 0.3) is 16.9 Å². The first-order chi connectivity index (χ1) is 15.8. The first-order valence-electron chi connectivity index (χ1n) is 11.2. The molecule has 0 unspecified atom stereocenters. The Labute approximate surface area is 187 Å². The minimum atomic E-state index is -5.10. The number of halogens is 3. The van der Waals surface area contributed by atoms with E-state index in [9.17, 15) is 18.0 Å². The fourth-order valence-corrected chi connectivity index (χ4v) is 4.36. The molecule has 3 aromatic rings. The highest BCUT2D eigenvalue weighted by molar-refractivity contribution is 5.92. The maximum absolute atomic E-state index is 12.7. The SMILES string of the molecule is CCc1nn(-c2noc(C3CCN(CC4CC4)CC3)n2)c2cccc(OC(=O)C(F)(F)F)c12. The quantitative estimate of drug-likeness (QED) is 0.403. The normalized spacial score (nSPS) is 18.2. The van der Waals surface area contributed by atoms with Crippen molar-refractivity contribution >= 4 is 16.9 Å². The summed E-state index contributed by atoms with van der Waals surface area (Å²) < 4.78 is 49.8. The minimum Gasteiger partial charge on any atom is -0.419 e. The van der Waals surface area contributed by atoms with Gasteiger partial charge in [-0.15, -0.1) is 0 Å². The molecule has 0 atom stereocenters. The number of hydrogen-bond donors (Lipinski definition) is 0. The molecule has 11 heteroatoms. The number of benzene rings is 1. The molecule has 176 valence electrons. The van der Waals surface area contributed by atoms with Crippen molar-refractivity contribution in [2.75, 3.05) is 19.6 Å². The molecule has 5 rings (SSSR count). The van der Waals surface area contributed by atoms with Crippen LogP contribution in [-0.2, 0) is 11.2 Å². The summed E-state index contributed by atoms with van der Waals surface area (Å²) >= 11 is 0. The van der Waals surface area contributed by atoms with Gasteiger partial charge in [-0.05, 0) is 68.4 Å². The fourth-order valence-electron chi connectivity index (χ4n) is 4.36. The molecule has 2 fully saturated rings. The Kier molecular flexibility index (Phi) is 5.59. The van der Waals surface area contributed by atoms with Crippen LogP contribution in [0.4, 0.5) is 13.2 Å². The van der Waals surface area contributed by atoms with Gasteiger partial charge in [-0.1, -0.05) is 13.0 Å². The van der Waals surface area contributed by atoms with Gasteiger partial charge >= 0.3 is 12.1 Å². The summed E-state index contributed by atoms with van der Waals surface area (Å²) in [6, 6.07) is 4.47. The predicted molar refractivity (Wildman–Crippen MR) is 111 cm³/mol. The lowest BCUT2D eigenvalue weighted by molar-refractivity contribution is -0.189.